The predicted octanol–water partition coefficient (Wildman–Crippen LogP) is 1.93. The Hall–Kier alpha value is -0.530. The molecule has 2 unspecified atom stereocenters. The van der Waals surface area contributed by atoms with Gasteiger partial charge >= 0.3 is 0 Å². The Balaban J connectivity index is 2.81. The van der Waals surface area contributed by atoms with Gasteiger partial charge in [0.1, 0.15) is 0 Å². The molecule has 0 aromatic rings. The highest BCUT2D eigenvalue weighted by molar-refractivity contribution is 5.77. The van der Waals surface area contributed by atoms with Crippen molar-refractivity contribution in [3.05, 3.63) is 0 Å². The third-order valence-corrected chi connectivity index (χ3v) is 3.20. The lowest BCUT2D eigenvalue weighted by Crippen LogP contribution is -2.42. The van der Waals surface area contributed by atoms with E-state index in [0.29, 0.717) is 5.92 Å². The van der Waals surface area contributed by atoms with Gasteiger partial charge in [0.2, 0.25) is 5.91 Å². The maximum Gasteiger partial charge on any atom is 0.221 e. The van der Waals surface area contributed by atoms with E-state index in [0.717, 1.165) is 12.8 Å². The van der Waals surface area contributed by atoms with Crippen molar-refractivity contribution in [2.75, 3.05) is 0 Å². The first-order valence-corrected chi connectivity index (χ1v) is 4.74. The molecule has 1 aliphatic rings. The van der Waals surface area contributed by atoms with Crippen LogP contribution in [0.25, 0.3) is 0 Å². The zero-order valence-corrected chi connectivity index (χ0v) is 8.26. The average Bonchev–Trinajstić information content (AvgIpc) is 1.82. The average molecular weight is 169 g/mol. The van der Waals surface area contributed by atoms with Gasteiger partial charge in [-0.3, -0.25) is 4.79 Å². The van der Waals surface area contributed by atoms with Gasteiger partial charge in [-0.15, -0.1) is 0 Å². The number of hydrogen-bond donors (Lipinski definition) is 1. The van der Waals surface area contributed by atoms with Crippen molar-refractivity contribution >= 4 is 5.91 Å². The molecular formula is C10H19NO. The van der Waals surface area contributed by atoms with E-state index in [1.807, 2.05) is 0 Å². The van der Waals surface area contributed by atoms with Crippen LogP contribution in [0.2, 0.25) is 0 Å². The number of carbonyl (C=O) groups is 1. The molecule has 0 aliphatic heterocycles. The van der Waals surface area contributed by atoms with Crippen molar-refractivity contribution in [1.29, 1.82) is 0 Å². The van der Waals surface area contributed by atoms with E-state index in [9.17, 15) is 4.79 Å². The summed E-state index contributed by atoms with van der Waals surface area (Å²) in [7, 11) is 0. The predicted molar refractivity (Wildman–Crippen MR) is 49.5 cm³/mol. The minimum absolute atomic E-state index is 0.0752. The fraction of sp³-hybridized carbons (Fsp3) is 0.900. The highest BCUT2D eigenvalue weighted by Crippen LogP contribution is 2.43. The minimum Gasteiger partial charge on any atom is -0.369 e. The van der Waals surface area contributed by atoms with E-state index in [2.05, 4.69) is 20.8 Å². The summed E-state index contributed by atoms with van der Waals surface area (Å²) in [4.78, 5) is 11.2. The summed E-state index contributed by atoms with van der Waals surface area (Å²) in [5.41, 5.74) is 5.51. The van der Waals surface area contributed by atoms with Crippen LogP contribution in [-0.4, -0.2) is 5.91 Å². The lowest BCUT2D eigenvalue weighted by atomic mass is 9.64. The van der Waals surface area contributed by atoms with Gasteiger partial charge in [0.25, 0.3) is 0 Å². The molecule has 70 valence electrons. The molecule has 2 N–H and O–H groups in total. The Morgan fingerprint density at radius 1 is 1.50 bits per heavy atom. The minimum atomic E-state index is -0.118. The van der Waals surface area contributed by atoms with Crippen molar-refractivity contribution in [2.24, 2.45) is 23.0 Å². The third-order valence-electron chi connectivity index (χ3n) is 3.20. The number of nitrogens with two attached hydrogens (primary N) is 1. The van der Waals surface area contributed by atoms with Crippen LogP contribution in [0.3, 0.4) is 0 Å². The number of primary amides is 1. The fourth-order valence-electron chi connectivity index (χ4n) is 2.64. The summed E-state index contributed by atoms with van der Waals surface area (Å²) in [6.07, 6.45) is 3.51. The van der Waals surface area contributed by atoms with Crippen LogP contribution >= 0.6 is 0 Å². The highest BCUT2D eigenvalue weighted by atomic mass is 16.1. The zero-order chi connectivity index (χ0) is 9.35. The summed E-state index contributed by atoms with van der Waals surface area (Å²) < 4.78 is 0. The molecule has 0 radical (unpaired) electrons. The van der Waals surface area contributed by atoms with Crippen LogP contribution in [0.4, 0.5) is 0 Å². The highest BCUT2D eigenvalue weighted by Gasteiger charge is 2.40. The van der Waals surface area contributed by atoms with E-state index >= 15 is 0 Å². The monoisotopic (exact) mass is 169 g/mol. The van der Waals surface area contributed by atoms with Crippen LogP contribution in [0, 0.1) is 17.3 Å². The number of carbonyl (C=O) groups excluding carboxylic acids is 1. The van der Waals surface area contributed by atoms with Crippen molar-refractivity contribution in [3.8, 4) is 0 Å². The Morgan fingerprint density at radius 3 is 2.42 bits per heavy atom. The third kappa shape index (κ3) is 1.62. The lowest BCUT2D eigenvalue weighted by molar-refractivity contribution is -0.129. The van der Waals surface area contributed by atoms with E-state index in [1.54, 1.807) is 0 Å². The van der Waals surface area contributed by atoms with E-state index in [-0.39, 0.29) is 17.2 Å². The quantitative estimate of drug-likeness (QED) is 0.640. The molecule has 1 rings (SSSR count). The molecule has 2 atom stereocenters. The molecule has 2 heteroatoms. The van der Waals surface area contributed by atoms with Crippen LogP contribution in [0.1, 0.15) is 40.0 Å². The summed E-state index contributed by atoms with van der Waals surface area (Å²) in [6, 6.07) is 0. The number of hydrogen-bond acceptors (Lipinski definition) is 1. The van der Waals surface area contributed by atoms with Gasteiger partial charge < -0.3 is 5.73 Å². The Labute approximate surface area is 74.5 Å². The SMILES string of the molecule is CC1CCCC(C)(C)C1C(N)=O. The molecule has 1 saturated carbocycles. The van der Waals surface area contributed by atoms with E-state index < -0.39 is 0 Å². The molecular weight excluding hydrogens is 150 g/mol. The normalized spacial score (nSPS) is 34.6. The second-order valence-corrected chi connectivity index (χ2v) is 4.74. The molecule has 0 saturated heterocycles. The smallest absolute Gasteiger partial charge is 0.221 e. The molecule has 0 aromatic heterocycles. The van der Waals surface area contributed by atoms with Gasteiger partial charge in [-0.05, 0) is 24.2 Å². The lowest BCUT2D eigenvalue weighted by Gasteiger charge is -2.40. The summed E-state index contributed by atoms with van der Waals surface area (Å²) in [5.74, 6) is 0.421. The van der Waals surface area contributed by atoms with Crippen molar-refractivity contribution < 1.29 is 4.79 Å². The Kier molecular flexibility index (Phi) is 2.45. The number of rotatable bonds is 1. The van der Waals surface area contributed by atoms with Crippen LogP contribution < -0.4 is 5.73 Å². The molecule has 1 fully saturated rings. The van der Waals surface area contributed by atoms with E-state index in [1.165, 1.54) is 6.42 Å². The van der Waals surface area contributed by atoms with Crippen molar-refractivity contribution in [1.82, 2.24) is 0 Å². The maximum atomic E-state index is 11.2. The Bertz CT molecular complexity index is 186. The van der Waals surface area contributed by atoms with Crippen molar-refractivity contribution in [3.63, 3.8) is 0 Å². The molecule has 0 bridgehead atoms. The second kappa shape index (κ2) is 3.08. The first-order valence-electron chi connectivity index (χ1n) is 4.74. The summed E-state index contributed by atoms with van der Waals surface area (Å²) in [5, 5.41) is 0. The molecule has 0 aromatic carbocycles. The summed E-state index contributed by atoms with van der Waals surface area (Å²) >= 11 is 0. The first-order chi connectivity index (χ1) is 5.45. The zero-order valence-electron chi connectivity index (χ0n) is 8.26. The standard InChI is InChI=1S/C10H19NO/c1-7-5-4-6-10(2,3)8(7)9(11)12/h7-8H,4-6H2,1-3H3,(H2,11,12). The van der Waals surface area contributed by atoms with Crippen molar-refractivity contribution in [2.45, 2.75) is 40.0 Å². The molecule has 0 heterocycles. The maximum absolute atomic E-state index is 11.2. The number of amides is 1. The van der Waals surface area contributed by atoms with Gasteiger partial charge in [-0.25, -0.2) is 0 Å². The first kappa shape index (κ1) is 9.56. The fourth-order valence-corrected chi connectivity index (χ4v) is 2.64. The van der Waals surface area contributed by atoms with E-state index in [4.69, 9.17) is 5.73 Å². The molecule has 1 amide bonds. The Morgan fingerprint density at radius 2 is 2.08 bits per heavy atom. The van der Waals surface area contributed by atoms with Crippen LogP contribution in [0.5, 0.6) is 0 Å². The van der Waals surface area contributed by atoms with Gasteiger partial charge in [-0.1, -0.05) is 27.2 Å². The largest absolute Gasteiger partial charge is 0.369 e. The molecule has 1 aliphatic carbocycles. The molecule has 12 heavy (non-hydrogen) atoms. The van der Waals surface area contributed by atoms with Gasteiger partial charge in [-0.2, -0.15) is 0 Å². The van der Waals surface area contributed by atoms with Gasteiger partial charge in [0.15, 0.2) is 0 Å². The van der Waals surface area contributed by atoms with Crippen LogP contribution in [0.15, 0.2) is 0 Å². The van der Waals surface area contributed by atoms with Crippen LogP contribution in [-0.2, 0) is 4.79 Å². The second-order valence-electron chi connectivity index (χ2n) is 4.74. The molecule has 0 spiro atoms. The van der Waals surface area contributed by atoms with Gasteiger partial charge in [0, 0.05) is 5.92 Å². The topological polar surface area (TPSA) is 43.1 Å². The van der Waals surface area contributed by atoms with Gasteiger partial charge in [0.05, 0.1) is 0 Å². The molecule has 2 nitrogen and oxygen atoms in total. The summed E-state index contributed by atoms with van der Waals surface area (Å²) in [6.45, 7) is 6.44.